The molecule has 1 aliphatic heterocycles. The van der Waals surface area contributed by atoms with Gasteiger partial charge < -0.3 is 15.2 Å². The SMILES string of the molecule is COc1ccc(OC)c(CN2CC3CCC(N)C3C2)c1.Cl. The van der Waals surface area contributed by atoms with E-state index in [1.165, 1.54) is 24.9 Å². The second-order valence-corrected chi connectivity index (χ2v) is 6.04. The van der Waals surface area contributed by atoms with Gasteiger partial charge in [0.1, 0.15) is 11.5 Å². The fraction of sp³-hybridized carbons (Fsp3) is 0.625. The summed E-state index contributed by atoms with van der Waals surface area (Å²) in [6.07, 6.45) is 2.49. The Hall–Kier alpha value is -0.970. The number of nitrogens with zero attached hydrogens (tertiary/aromatic N) is 1. The molecule has 1 aliphatic carbocycles. The molecule has 21 heavy (non-hydrogen) atoms. The smallest absolute Gasteiger partial charge is 0.123 e. The van der Waals surface area contributed by atoms with Crippen molar-refractivity contribution in [3.05, 3.63) is 23.8 Å². The zero-order valence-electron chi connectivity index (χ0n) is 12.7. The van der Waals surface area contributed by atoms with Gasteiger partial charge in [-0.2, -0.15) is 0 Å². The Morgan fingerprint density at radius 2 is 2.00 bits per heavy atom. The van der Waals surface area contributed by atoms with Crippen LogP contribution in [0.4, 0.5) is 0 Å². The minimum absolute atomic E-state index is 0. The first-order valence-corrected chi connectivity index (χ1v) is 7.40. The summed E-state index contributed by atoms with van der Waals surface area (Å²) in [4.78, 5) is 2.51. The molecule has 118 valence electrons. The molecule has 0 aromatic heterocycles. The Bertz CT molecular complexity index is 483. The number of methoxy groups -OCH3 is 2. The monoisotopic (exact) mass is 312 g/mol. The van der Waals surface area contributed by atoms with Gasteiger partial charge in [-0.25, -0.2) is 0 Å². The van der Waals surface area contributed by atoms with Crippen LogP contribution in [-0.4, -0.2) is 38.3 Å². The van der Waals surface area contributed by atoms with Gasteiger partial charge in [0.25, 0.3) is 0 Å². The zero-order valence-corrected chi connectivity index (χ0v) is 13.6. The summed E-state index contributed by atoms with van der Waals surface area (Å²) in [6, 6.07) is 6.40. The summed E-state index contributed by atoms with van der Waals surface area (Å²) in [5, 5.41) is 0. The van der Waals surface area contributed by atoms with Crippen LogP contribution in [0.25, 0.3) is 0 Å². The molecule has 0 radical (unpaired) electrons. The van der Waals surface area contributed by atoms with Crippen LogP contribution in [-0.2, 0) is 6.54 Å². The third-order valence-corrected chi connectivity index (χ3v) is 4.87. The van der Waals surface area contributed by atoms with Gasteiger partial charge in [-0.15, -0.1) is 12.4 Å². The van der Waals surface area contributed by atoms with Crippen molar-refractivity contribution in [1.82, 2.24) is 4.90 Å². The Kier molecular flexibility index (Phi) is 5.36. The second kappa shape index (κ2) is 6.86. The fourth-order valence-corrected chi connectivity index (χ4v) is 3.78. The Balaban J connectivity index is 0.00000161. The van der Waals surface area contributed by atoms with E-state index < -0.39 is 0 Å². The van der Waals surface area contributed by atoms with Gasteiger partial charge in [0.05, 0.1) is 14.2 Å². The van der Waals surface area contributed by atoms with Crippen molar-refractivity contribution >= 4 is 12.4 Å². The molecular weight excluding hydrogens is 288 g/mol. The van der Waals surface area contributed by atoms with Crippen LogP contribution in [0.15, 0.2) is 18.2 Å². The average Bonchev–Trinajstić information content (AvgIpc) is 3.01. The number of nitrogens with two attached hydrogens (primary N) is 1. The van der Waals surface area contributed by atoms with Crippen molar-refractivity contribution in [1.29, 1.82) is 0 Å². The Labute approximate surface area is 133 Å². The largest absolute Gasteiger partial charge is 0.497 e. The highest BCUT2D eigenvalue weighted by molar-refractivity contribution is 5.85. The van der Waals surface area contributed by atoms with E-state index in [0.717, 1.165) is 30.5 Å². The number of likely N-dealkylation sites (tertiary alicyclic amines) is 1. The molecular formula is C16H25ClN2O2. The quantitative estimate of drug-likeness (QED) is 0.926. The van der Waals surface area contributed by atoms with E-state index in [4.69, 9.17) is 15.2 Å². The topological polar surface area (TPSA) is 47.7 Å². The lowest BCUT2D eigenvalue weighted by atomic mass is 9.98. The highest BCUT2D eigenvalue weighted by Gasteiger charge is 2.40. The van der Waals surface area contributed by atoms with Crippen molar-refractivity contribution in [3.8, 4) is 11.5 Å². The molecule has 1 saturated heterocycles. The minimum Gasteiger partial charge on any atom is -0.497 e. The van der Waals surface area contributed by atoms with Gasteiger partial charge in [0.2, 0.25) is 0 Å². The molecule has 3 unspecified atom stereocenters. The van der Waals surface area contributed by atoms with Crippen LogP contribution in [0.5, 0.6) is 11.5 Å². The van der Waals surface area contributed by atoms with Gasteiger partial charge in [0, 0.05) is 31.2 Å². The Morgan fingerprint density at radius 1 is 1.19 bits per heavy atom. The van der Waals surface area contributed by atoms with Crippen molar-refractivity contribution in [2.24, 2.45) is 17.6 Å². The van der Waals surface area contributed by atoms with Crippen LogP contribution in [0.3, 0.4) is 0 Å². The number of rotatable bonds is 4. The maximum atomic E-state index is 6.21. The van der Waals surface area contributed by atoms with Gasteiger partial charge in [-0.05, 0) is 42.9 Å². The van der Waals surface area contributed by atoms with Gasteiger partial charge >= 0.3 is 0 Å². The molecule has 2 aliphatic rings. The first-order chi connectivity index (χ1) is 9.71. The maximum Gasteiger partial charge on any atom is 0.123 e. The van der Waals surface area contributed by atoms with Gasteiger partial charge in [-0.3, -0.25) is 4.90 Å². The predicted octanol–water partition coefficient (Wildman–Crippen LogP) is 2.29. The van der Waals surface area contributed by atoms with Crippen LogP contribution < -0.4 is 15.2 Å². The molecule has 4 nitrogen and oxygen atoms in total. The number of ether oxygens (including phenoxy) is 2. The highest BCUT2D eigenvalue weighted by Crippen LogP contribution is 2.38. The third-order valence-electron chi connectivity index (χ3n) is 4.87. The number of halogens is 1. The minimum atomic E-state index is 0. The normalized spacial score (nSPS) is 28.0. The maximum absolute atomic E-state index is 6.21. The summed E-state index contributed by atoms with van der Waals surface area (Å²) in [5.41, 5.74) is 7.40. The molecule has 1 aromatic rings. The molecule has 3 rings (SSSR count). The molecule has 0 amide bonds. The van der Waals surface area contributed by atoms with Crippen LogP contribution >= 0.6 is 12.4 Å². The summed E-state index contributed by atoms with van der Waals surface area (Å²) in [6.45, 7) is 3.20. The molecule has 1 aromatic carbocycles. The van der Waals surface area contributed by atoms with Crippen LogP contribution in [0.1, 0.15) is 18.4 Å². The summed E-state index contributed by atoms with van der Waals surface area (Å²) in [7, 11) is 3.42. The lowest BCUT2D eigenvalue weighted by Gasteiger charge is -2.20. The molecule has 1 saturated carbocycles. The van der Waals surface area contributed by atoms with E-state index >= 15 is 0 Å². The van der Waals surface area contributed by atoms with Crippen molar-refractivity contribution in [2.75, 3.05) is 27.3 Å². The van der Waals surface area contributed by atoms with E-state index in [1.54, 1.807) is 14.2 Å². The highest BCUT2D eigenvalue weighted by atomic mass is 35.5. The lowest BCUT2D eigenvalue weighted by molar-refractivity contribution is 0.291. The lowest BCUT2D eigenvalue weighted by Crippen LogP contribution is -2.30. The Morgan fingerprint density at radius 3 is 2.67 bits per heavy atom. The number of hydrogen-bond donors (Lipinski definition) is 1. The van der Waals surface area contributed by atoms with Crippen molar-refractivity contribution < 1.29 is 9.47 Å². The molecule has 1 heterocycles. The molecule has 0 spiro atoms. The molecule has 2 N–H and O–H groups in total. The van der Waals surface area contributed by atoms with Gasteiger partial charge in [0.15, 0.2) is 0 Å². The standard InChI is InChI=1S/C16H24N2O2.ClH/c1-19-13-4-6-16(20-2)12(7-13)9-18-8-11-3-5-15(17)14(11)10-18;/h4,6-7,11,14-15H,3,5,8-10,17H2,1-2H3;1H. The summed E-state index contributed by atoms with van der Waals surface area (Å²) >= 11 is 0. The summed E-state index contributed by atoms with van der Waals surface area (Å²) in [5.74, 6) is 3.30. The first kappa shape index (κ1) is 16.4. The first-order valence-electron chi connectivity index (χ1n) is 7.40. The van der Waals surface area contributed by atoms with E-state index in [9.17, 15) is 0 Å². The van der Waals surface area contributed by atoms with Crippen LogP contribution in [0.2, 0.25) is 0 Å². The second-order valence-electron chi connectivity index (χ2n) is 6.04. The number of hydrogen-bond acceptors (Lipinski definition) is 4. The van der Waals surface area contributed by atoms with E-state index in [2.05, 4.69) is 11.0 Å². The molecule has 5 heteroatoms. The molecule has 2 fully saturated rings. The van der Waals surface area contributed by atoms with Crippen molar-refractivity contribution in [3.63, 3.8) is 0 Å². The van der Waals surface area contributed by atoms with Crippen molar-refractivity contribution in [2.45, 2.75) is 25.4 Å². The van der Waals surface area contributed by atoms with E-state index in [0.29, 0.717) is 12.0 Å². The van der Waals surface area contributed by atoms with Crippen LogP contribution in [0, 0.1) is 11.8 Å². The molecule has 3 atom stereocenters. The fourth-order valence-electron chi connectivity index (χ4n) is 3.78. The molecule has 0 bridgehead atoms. The van der Waals surface area contributed by atoms with E-state index in [-0.39, 0.29) is 12.4 Å². The number of benzene rings is 1. The average molecular weight is 313 g/mol. The zero-order chi connectivity index (χ0) is 14.1. The number of fused-ring (bicyclic) bond motifs is 1. The van der Waals surface area contributed by atoms with Gasteiger partial charge in [-0.1, -0.05) is 0 Å². The van der Waals surface area contributed by atoms with E-state index in [1.807, 2.05) is 12.1 Å². The summed E-state index contributed by atoms with van der Waals surface area (Å²) < 4.78 is 10.8. The third kappa shape index (κ3) is 3.28. The predicted molar refractivity (Wildman–Crippen MR) is 86.3 cm³/mol.